The highest BCUT2D eigenvalue weighted by Gasteiger charge is 2.43. The molecule has 1 aliphatic carbocycles. The molecule has 112 valence electrons. The largest absolute Gasteiger partial charge is 0.575 e. The molecule has 0 spiro atoms. The van der Waals surface area contributed by atoms with Gasteiger partial charge in [-0.3, -0.25) is 10.2 Å². The summed E-state index contributed by atoms with van der Waals surface area (Å²) >= 11 is 3.40. The Balaban J connectivity index is 2.24. The van der Waals surface area contributed by atoms with Gasteiger partial charge in [0.05, 0.1) is 5.41 Å². The molecule has 1 saturated carbocycles. The van der Waals surface area contributed by atoms with Crippen molar-refractivity contribution in [1.82, 2.24) is 5.32 Å². The van der Waals surface area contributed by atoms with E-state index >= 15 is 0 Å². The Labute approximate surface area is 132 Å². The number of aliphatic imine (C=N–C) groups is 1. The summed E-state index contributed by atoms with van der Waals surface area (Å²) in [6, 6.07) is 7.83. The lowest BCUT2D eigenvalue weighted by atomic mass is 9.63. The van der Waals surface area contributed by atoms with Crippen LogP contribution >= 0.6 is 15.9 Å². The van der Waals surface area contributed by atoms with Crippen LogP contribution in [-0.4, -0.2) is 29.3 Å². The topological polar surface area (TPSA) is 88.2 Å². The highest BCUT2D eigenvalue weighted by Crippen LogP contribution is 2.45. The molecular formula is C15H19BrN3O2+. The van der Waals surface area contributed by atoms with Crippen LogP contribution in [0.25, 0.3) is 0 Å². The first-order chi connectivity index (χ1) is 9.99. The van der Waals surface area contributed by atoms with Crippen molar-refractivity contribution in [3.8, 4) is 0 Å². The molecule has 0 aromatic heterocycles. The van der Waals surface area contributed by atoms with Crippen molar-refractivity contribution in [3.05, 3.63) is 34.3 Å². The number of likely N-dealkylation sites (N-methyl/N-ethyl adjacent to an activating group) is 1. The molecule has 21 heavy (non-hydrogen) atoms. The Morgan fingerprint density at radius 3 is 2.52 bits per heavy atom. The van der Waals surface area contributed by atoms with E-state index in [1.807, 2.05) is 24.3 Å². The third kappa shape index (κ3) is 3.15. The molecule has 1 aromatic carbocycles. The fourth-order valence-corrected chi connectivity index (χ4v) is 2.74. The average molecular weight is 353 g/mol. The first-order valence-corrected chi connectivity index (χ1v) is 7.72. The van der Waals surface area contributed by atoms with Crippen molar-refractivity contribution < 1.29 is 9.90 Å². The zero-order valence-electron chi connectivity index (χ0n) is 11.9. The molecule has 0 atom stereocenters. The van der Waals surface area contributed by atoms with Crippen LogP contribution in [0.4, 0.5) is 0 Å². The number of benzene rings is 1. The lowest BCUT2D eigenvalue weighted by Gasteiger charge is -2.40. The molecule has 6 heteroatoms. The summed E-state index contributed by atoms with van der Waals surface area (Å²) in [7, 11) is 0. The second-order valence-electron chi connectivity index (χ2n) is 5.11. The molecule has 1 aromatic rings. The van der Waals surface area contributed by atoms with Crippen molar-refractivity contribution in [3.63, 3.8) is 0 Å². The van der Waals surface area contributed by atoms with Crippen LogP contribution in [0, 0.1) is 5.41 Å². The van der Waals surface area contributed by atoms with Gasteiger partial charge in [-0.15, -0.1) is 4.99 Å². The predicted octanol–water partition coefficient (Wildman–Crippen LogP) is 2.11. The van der Waals surface area contributed by atoms with E-state index in [0.717, 1.165) is 29.3 Å². The van der Waals surface area contributed by atoms with E-state index in [9.17, 15) is 4.79 Å². The van der Waals surface area contributed by atoms with Gasteiger partial charge in [-0.2, -0.15) is 0 Å². The molecule has 0 bridgehead atoms. The van der Waals surface area contributed by atoms with Gasteiger partial charge in [-0.05, 0) is 37.5 Å². The standard InChI is InChI=1S/C15H18BrN3O2/c1-2-18-12(20)13(21)19-14(17)15(8-3-9-15)10-4-6-11(16)7-5-10/h4-7H,2-3,8-9H2,1H3,(H,18,20)(H2,17,19,21)/p+1. The number of carbonyl (C=O) groups excluding carboxylic acids is 1. The third-order valence-corrected chi connectivity index (χ3v) is 4.36. The summed E-state index contributed by atoms with van der Waals surface area (Å²) in [5.41, 5.74) is 0.578. The summed E-state index contributed by atoms with van der Waals surface area (Å²) < 4.78 is 0.985. The van der Waals surface area contributed by atoms with E-state index in [1.165, 1.54) is 0 Å². The minimum Gasteiger partial charge on any atom is -0.575 e. The zero-order valence-corrected chi connectivity index (χ0v) is 13.5. The molecular weight excluding hydrogens is 334 g/mol. The average Bonchev–Trinajstić information content (AvgIpc) is 2.39. The number of amides is 1. The van der Waals surface area contributed by atoms with E-state index in [1.54, 1.807) is 6.92 Å². The number of carbonyl (C=O) groups is 1. The zero-order chi connectivity index (χ0) is 15.5. The second kappa shape index (κ2) is 6.39. The van der Waals surface area contributed by atoms with Crippen LogP contribution in [0.3, 0.4) is 0 Å². The fourth-order valence-electron chi connectivity index (χ4n) is 2.48. The van der Waals surface area contributed by atoms with Crippen LogP contribution in [0.5, 0.6) is 0 Å². The van der Waals surface area contributed by atoms with Gasteiger partial charge in [0.15, 0.2) is 0 Å². The van der Waals surface area contributed by atoms with Gasteiger partial charge in [0, 0.05) is 11.0 Å². The molecule has 1 amide bonds. The number of halogens is 1. The normalized spacial score (nSPS) is 17.0. The fraction of sp³-hybridized carbons (Fsp3) is 0.400. The van der Waals surface area contributed by atoms with Crippen molar-refractivity contribution >= 4 is 33.6 Å². The Morgan fingerprint density at radius 2 is 2.05 bits per heavy atom. The number of nitrogens with one attached hydrogen (secondary N) is 2. The molecule has 0 aliphatic heterocycles. The predicted molar refractivity (Wildman–Crippen MR) is 87.1 cm³/mol. The van der Waals surface area contributed by atoms with Gasteiger partial charge in [0.2, 0.25) is 0 Å². The van der Waals surface area contributed by atoms with Crippen LogP contribution in [0.15, 0.2) is 33.7 Å². The Hall–Kier alpha value is -1.69. The molecule has 4 N–H and O–H groups in total. The molecule has 0 saturated heterocycles. The number of nitrogens with zero attached hydrogens (tertiary/aromatic N) is 1. The van der Waals surface area contributed by atoms with Crippen LogP contribution in [-0.2, 0) is 10.2 Å². The van der Waals surface area contributed by atoms with Crippen molar-refractivity contribution in [2.45, 2.75) is 31.6 Å². The van der Waals surface area contributed by atoms with E-state index in [4.69, 9.17) is 10.5 Å². The maximum absolute atomic E-state index is 11.6. The quantitative estimate of drug-likeness (QED) is 0.487. The van der Waals surface area contributed by atoms with Gasteiger partial charge in [-0.1, -0.05) is 34.5 Å². The smallest absolute Gasteiger partial charge is 0.425 e. The second-order valence-corrected chi connectivity index (χ2v) is 6.03. The van der Waals surface area contributed by atoms with Crippen LogP contribution in [0.1, 0.15) is 31.7 Å². The lowest BCUT2D eigenvalue weighted by molar-refractivity contribution is -0.115. The highest BCUT2D eigenvalue weighted by atomic mass is 79.9. The van der Waals surface area contributed by atoms with Gasteiger partial charge in [-0.25, -0.2) is 0 Å². The first-order valence-electron chi connectivity index (χ1n) is 6.93. The van der Waals surface area contributed by atoms with E-state index < -0.39 is 17.2 Å². The van der Waals surface area contributed by atoms with E-state index in [-0.39, 0.29) is 5.84 Å². The van der Waals surface area contributed by atoms with Gasteiger partial charge >= 0.3 is 11.8 Å². The molecule has 1 aliphatic rings. The van der Waals surface area contributed by atoms with Crippen molar-refractivity contribution in [2.75, 3.05) is 6.54 Å². The van der Waals surface area contributed by atoms with Gasteiger partial charge in [0.25, 0.3) is 0 Å². The molecule has 0 radical (unpaired) electrons. The summed E-state index contributed by atoms with van der Waals surface area (Å²) in [5.74, 6) is -0.829. The van der Waals surface area contributed by atoms with E-state index in [2.05, 4.69) is 26.2 Å². The first kappa shape index (κ1) is 15.7. The SMILES string of the molecule is CCNC(=O)C([OH2+])=NC(=N)C1(c2ccc(Br)cc2)CCC1. The number of hydrogen-bond acceptors (Lipinski definition) is 2. The van der Waals surface area contributed by atoms with Gasteiger partial charge in [0.1, 0.15) is 5.84 Å². The molecule has 2 rings (SSSR count). The summed E-state index contributed by atoms with van der Waals surface area (Å²) in [5, 5.41) is 18.4. The van der Waals surface area contributed by atoms with Crippen molar-refractivity contribution in [1.29, 1.82) is 5.41 Å². The van der Waals surface area contributed by atoms with Crippen LogP contribution in [0.2, 0.25) is 0 Å². The Bertz CT molecular complexity index is 577. The third-order valence-electron chi connectivity index (χ3n) is 3.83. The van der Waals surface area contributed by atoms with Gasteiger partial charge < -0.3 is 10.4 Å². The Kier molecular flexibility index (Phi) is 4.77. The summed E-state index contributed by atoms with van der Waals surface area (Å²) in [6.07, 6.45) is 2.70. The molecule has 0 heterocycles. The maximum Gasteiger partial charge on any atom is 0.425 e. The Morgan fingerprint density at radius 1 is 1.43 bits per heavy atom. The minimum absolute atomic E-state index is 0.104. The molecule has 5 nitrogen and oxygen atoms in total. The number of amidine groups is 1. The van der Waals surface area contributed by atoms with Crippen LogP contribution < -0.4 is 5.32 Å². The molecule has 1 fully saturated rings. The molecule has 0 unspecified atom stereocenters. The number of rotatable bonds is 3. The monoisotopic (exact) mass is 352 g/mol. The summed E-state index contributed by atoms with van der Waals surface area (Å²) in [4.78, 5) is 15.5. The van der Waals surface area contributed by atoms with E-state index in [0.29, 0.717) is 6.54 Å². The highest BCUT2D eigenvalue weighted by molar-refractivity contribution is 9.10. The lowest BCUT2D eigenvalue weighted by Crippen LogP contribution is -2.42. The minimum atomic E-state index is -0.535. The number of hydrogen-bond donors (Lipinski definition) is 2. The maximum atomic E-state index is 11.6. The summed E-state index contributed by atoms with van der Waals surface area (Å²) in [6.45, 7) is 2.23. The van der Waals surface area contributed by atoms with Crippen molar-refractivity contribution in [2.24, 2.45) is 4.99 Å².